The quantitative estimate of drug-likeness (QED) is 0.736. The summed E-state index contributed by atoms with van der Waals surface area (Å²) in [6, 6.07) is 9.88. The van der Waals surface area contributed by atoms with Crippen LogP contribution in [-0.4, -0.2) is 7.11 Å². The maximum atomic E-state index is 6.41. The Morgan fingerprint density at radius 2 is 2.19 bits per heavy atom. The van der Waals surface area contributed by atoms with Gasteiger partial charge in [0.25, 0.3) is 0 Å². The van der Waals surface area contributed by atoms with Gasteiger partial charge in [-0.05, 0) is 29.1 Å². The Labute approximate surface area is 112 Å². The predicted octanol–water partition coefficient (Wildman–Crippen LogP) is 4.85. The zero-order valence-electron chi connectivity index (χ0n) is 8.61. The van der Waals surface area contributed by atoms with Gasteiger partial charge in [0.1, 0.15) is 5.75 Å². The molecule has 0 bridgehead atoms. The third-order valence-corrected chi connectivity index (χ3v) is 4.50. The van der Waals surface area contributed by atoms with E-state index in [1.54, 1.807) is 18.4 Å². The molecule has 0 fully saturated rings. The van der Waals surface area contributed by atoms with Gasteiger partial charge in [-0.15, -0.1) is 22.9 Å². The highest BCUT2D eigenvalue weighted by molar-refractivity contribution is 9.10. The van der Waals surface area contributed by atoms with Gasteiger partial charge in [-0.25, -0.2) is 0 Å². The third-order valence-electron chi connectivity index (χ3n) is 2.27. The highest BCUT2D eigenvalue weighted by Gasteiger charge is 2.15. The largest absolute Gasteiger partial charge is 0.497 e. The summed E-state index contributed by atoms with van der Waals surface area (Å²) in [7, 11) is 1.65. The highest BCUT2D eigenvalue weighted by atomic mass is 79.9. The lowest BCUT2D eigenvalue weighted by molar-refractivity contribution is 0.414. The number of ether oxygens (including phenoxy) is 1. The van der Waals surface area contributed by atoms with Crippen molar-refractivity contribution < 1.29 is 4.74 Å². The van der Waals surface area contributed by atoms with Crippen molar-refractivity contribution in [3.05, 3.63) is 50.6 Å². The van der Waals surface area contributed by atoms with Crippen molar-refractivity contribution in [2.75, 3.05) is 7.11 Å². The molecule has 0 aliphatic rings. The van der Waals surface area contributed by atoms with Gasteiger partial charge in [0, 0.05) is 9.35 Å². The average molecular weight is 318 g/mol. The topological polar surface area (TPSA) is 9.23 Å². The lowest BCUT2D eigenvalue weighted by atomic mass is 10.1. The molecule has 0 aliphatic heterocycles. The Hall–Kier alpha value is -0.510. The van der Waals surface area contributed by atoms with Crippen LogP contribution in [0.1, 0.15) is 15.8 Å². The number of rotatable bonds is 3. The zero-order chi connectivity index (χ0) is 11.5. The zero-order valence-corrected chi connectivity index (χ0v) is 11.8. The van der Waals surface area contributed by atoms with E-state index < -0.39 is 0 Å². The molecule has 0 aliphatic carbocycles. The molecule has 0 radical (unpaired) electrons. The Morgan fingerprint density at radius 1 is 1.38 bits per heavy atom. The van der Waals surface area contributed by atoms with Crippen LogP contribution in [0.15, 0.2) is 40.2 Å². The SMILES string of the molecule is COc1ccc(C(Cl)c2cccs2)c(Br)c1. The smallest absolute Gasteiger partial charge is 0.120 e. The van der Waals surface area contributed by atoms with E-state index in [0.29, 0.717) is 0 Å². The minimum atomic E-state index is -0.111. The van der Waals surface area contributed by atoms with Gasteiger partial charge in [-0.3, -0.25) is 0 Å². The molecule has 1 aromatic carbocycles. The molecule has 4 heteroatoms. The van der Waals surface area contributed by atoms with Crippen molar-refractivity contribution in [3.8, 4) is 5.75 Å². The first kappa shape index (κ1) is 12.0. The van der Waals surface area contributed by atoms with Gasteiger partial charge in [0.15, 0.2) is 0 Å². The van der Waals surface area contributed by atoms with Crippen LogP contribution in [0.4, 0.5) is 0 Å². The minimum absolute atomic E-state index is 0.111. The standard InChI is InChI=1S/C12H10BrClOS/c1-15-8-4-5-9(10(13)7-8)12(14)11-3-2-6-16-11/h2-7,12H,1H3. The lowest BCUT2D eigenvalue weighted by Gasteiger charge is -2.11. The maximum absolute atomic E-state index is 6.41. The first-order valence-corrected chi connectivity index (χ1v) is 6.84. The van der Waals surface area contributed by atoms with E-state index in [2.05, 4.69) is 15.9 Å². The van der Waals surface area contributed by atoms with Crippen molar-refractivity contribution in [2.24, 2.45) is 0 Å². The summed E-state index contributed by atoms with van der Waals surface area (Å²) in [5.41, 5.74) is 1.06. The second kappa shape index (κ2) is 5.21. The van der Waals surface area contributed by atoms with Crippen LogP contribution in [0, 0.1) is 0 Å². The van der Waals surface area contributed by atoms with E-state index in [1.165, 1.54) is 0 Å². The number of alkyl halides is 1. The van der Waals surface area contributed by atoms with E-state index in [-0.39, 0.29) is 5.38 Å². The van der Waals surface area contributed by atoms with Crippen LogP contribution in [0.25, 0.3) is 0 Å². The Balaban J connectivity index is 2.34. The van der Waals surface area contributed by atoms with Crippen LogP contribution in [0.2, 0.25) is 0 Å². The normalized spacial score (nSPS) is 12.4. The molecule has 0 amide bonds. The predicted molar refractivity (Wildman–Crippen MR) is 72.7 cm³/mol. The summed E-state index contributed by atoms with van der Waals surface area (Å²) in [5.74, 6) is 0.825. The molecule has 0 saturated heterocycles. The Kier molecular flexibility index (Phi) is 3.90. The van der Waals surface area contributed by atoms with E-state index in [0.717, 1.165) is 20.7 Å². The van der Waals surface area contributed by atoms with Gasteiger partial charge in [-0.2, -0.15) is 0 Å². The highest BCUT2D eigenvalue weighted by Crippen LogP contribution is 2.37. The molecule has 0 spiro atoms. The molecular formula is C12H10BrClOS. The molecule has 1 unspecified atom stereocenters. The maximum Gasteiger partial charge on any atom is 0.120 e. The number of benzene rings is 1. The number of hydrogen-bond acceptors (Lipinski definition) is 2. The van der Waals surface area contributed by atoms with Crippen molar-refractivity contribution in [1.29, 1.82) is 0 Å². The molecule has 1 atom stereocenters. The number of halogens is 2. The fourth-order valence-corrected chi connectivity index (χ4v) is 3.28. The van der Waals surface area contributed by atoms with E-state index in [4.69, 9.17) is 16.3 Å². The molecule has 0 saturated carbocycles. The van der Waals surface area contributed by atoms with Crippen LogP contribution in [-0.2, 0) is 0 Å². The van der Waals surface area contributed by atoms with Gasteiger partial charge in [0.05, 0.1) is 12.5 Å². The van der Waals surface area contributed by atoms with Gasteiger partial charge in [0.2, 0.25) is 0 Å². The molecule has 16 heavy (non-hydrogen) atoms. The van der Waals surface area contributed by atoms with E-state index >= 15 is 0 Å². The minimum Gasteiger partial charge on any atom is -0.497 e. The van der Waals surface area contributed by atoms with Crippen molar-refractivity contribution >= 4 is 38.9 Å². The molecule has 84 valence electrons. The Bertz CT molecular complexity index is 470. The molecule has 2 aromatic rings. The Morgan fingerprint density at radius 3 is 2.75 bits per heavy atom. The van der Waals surface area contributed by atoms with Crippen LogP contribution in [0.3, 0.4) is 0 Å². The summed E-state index contributed by atoms with van der Waals surface area (Å²) in [4.78, 5) is 1.15. The van der Waals surface area contributed by atoms with Gasteiger partial charge in [-0.1, -0.05) is 28.1 Å². The molecule has 0 N–H and O–H groups in total. The second-order valence-corrected chi connectivity index (χ2v) is 5.54. The molecule has 1 aromatic heterocycles. The van der Waals surface area contributed by atoms with Crippen molar-refractivity contribution in [1.82, 2.24) is 0 Å². The van der Waals surface area contributed by atoms with E-state index in [9.17, 15) is 0 Å². The molecule has 1 heterocycles. The summed E-state index contributed by atoms with van der Waals surface area (Å²) < 4.78 is 6.12. The van der Waals surface area contributed by atoms with Crippen LogP contribution >= 0.6 is 38.9 Å². The summed E-state index contributed by atoms with van der Waals surface area (Å²) in [6.07, 6.45) is 0. The van der Waals surface area contributed by atoms with Crippen molar-refractivity contribution in [2.45, 2.75) is 5.38 Å². The first-order valence-electron chi connectivity index (χ1n) is 4.73. The lowest BCUT2D eigenvalue weighted by Crippen LogP contribution is -1.92. The fraction of sp³-hybridized carbons (Fsp3) is 0.167. The fourth-order valence-electron chi connectivity index (χ4n) is 1.43. The van der Waals surface area contributed by atoms with Gasteiger partial charge < -0.3 is 4.74 Å². The van der Waals surface area contributed by atoms with Crippen LogP contribution < -0.4 is 4.74 Å². The summed E-state index contributed by atoms with van der Waals surface area (Å²) >= 11 is 11.6. The summed E-state index contributed by atoms with van der Waals surface area (Å²) in [6.45, 7) is 0. The van der Waals surface area contributed by atoms with Crippen LogP contribution in [0.5, 0.6) is 5.75 Å². The number of hydrogen-bond donors (Lipinski definition) is 0. The third kappa shape index (κ3) is 2.42. The van der Waals surface area contributed by atoms with Crippen molar-refractivity contribution in [3.63, 3.8) is 0 Å². The van der Waals surface area contributed by atoms with E-state index in [1.807, 2.05) is 35.7 Å². The first-order chi connectivity index (χ1) is 7.72. The number of thiophene rings is 1. The monoisotopic (exact) mass is 316 g/mol. The molecule has 1 nitrogen and oxygen atoms in total. The number of methoxy groups -OCH3 is 1. The second-order valence-electron chi connectivity index (χ2n) is 3.27. The average Bonchev–Trinajstić information content (AvgIpc) is 2.81. The van der Waals surface area contributed by atoms with Gasteiger partial charge >= 0.3 is 0 Å². The molecular weight excluding hydrogens is 308 g/mol. The summed E-state index contributed by atoms with van der Waals surface area (Å²) in [5, 5.41) is 1.92. The molecule has 2 rings (SSSR count).